The van der Waals surface area contributed by atoms with Crippen molar-refractivity contribution >= 4 is 21.1 Å². The van der Waals surface area contributed by atoms with Crippen molar-refractivity contribution in [2.45, 2.75) is 37.2 Å². The van der Waals surface area contributed by atoms with Crippen molar-refractivity contribution in [3.63, 3.8) is 0 Å². The van der Waals surface area contributed by atoms with E-state index >= 15 is 0 Å². The average molecular weight is 400 g/mol. The van der Waals surface area contributed by atoms with E-state index in [1.54, 1.807) is 17.8 Å². The van der Waals surface area contributed by atoms with Gasteiger partial charge >= 0.3 is 0 Å². The van der Waals surface area contributed by atoms with Gasteiger partial charge < -0.3 is 0 Å². The number of sulfonamides is 1. The summed E-state index contributed by atoms with van der Waals surface area (Å²) in [7, 11) is -1.80. The predicted molar refractivity (Wildman–Crippen MR) is 108 cm³/mol. The van der Waals surface area contributed by atoms with E-state index in [2.05, 4.69) is 31.8 Å². The first-order chi connectivity index (χ1) is 13.4. The van der Waals surface area contributed by atoms with Crippen molar-refractivity contribution in [3.8, 4) is 0 Å². The van der Waals surface area contributed by atoms with Crippen LogP contribution in [-0.4, -0.2) is 47.2 Å². The summed E-state index contributed by atoms with van der Waals surface area (Å²) in [6.07, 6.45) is 3.01. The van der Waals surface area contributed by atoms with Gasteiger partial charge in [-0.05, 0) is 31.4 Å². The van der Waals surface area contributed by atoms with Crippen LogP contribution in [0.2, 0.25) is 0 Å². The first kappa shape index (κ1) is 19.0. The summed E-state index contributed by atoms with van der Waals surface area (Å²) in [4.78, 5) is 6.86. The molecule has 0 amide bonds. The molecule has 4 rings (SSSR count). The van der Waals surface area contributed by atoms with E-state index in [-0.39, 0.29) is 10.9 Å². The molecule has 148 valence electrons. The number of nitrogens with zero attached hydrogens (tertiary/aromatic N) is 4. The second-order valence-electron chi connectivity index (χ2n) is 7.41. The van der Waals surface area contributed by atoms with E-state index in [1.807, 2.05) is 25.1 Å². The zero-order chi connectivity index (χ0) is 19.7. The third-order valence-electron chi connectivity index (χ3n) is 5.31. The molecule has 0 unspecified atom stereocenters. The molecule has 28 heavy (non-hydrogen) atoms. The molecule has 0 atom stereocenters. The quantitative estimate of drug-likeness (QED) is 0.712. The summed E-state index contributed by atoms with van der Waals surface area (Å²) in [5.41, 5.74) is 2.75. The van der Waals surface area contributed by atoms with Gasteiger partial charge in [0.15, 0.2) is 5.65 Å². The molecule has 0 radical (unpaired) electrons. The van der Waals surface area contributed by atoms with E-state index in [4.69, 9.17) is 0 Å². The first-order valence-corrected chi connectivity index (χ1v) is 11.0. The van der Waals surface area contributed by atoms with Crippen LogP contribution in [0, 0.1) is 6.92 Å². The number of aryl methyl sites for hydroxylation is 2. The summed E-state index contributed by atoms with van der Waals surface area (Å²) >= 11 is 0. The molecular weight excluding hydrogens is 374 g/mol. The zero-order valence-electron chi connectivity index (χ0n) is 16.2. The molecule has 2 aromatic heterocycles. The van der Waals surface area contributed by atoms with Crippen molar-refractivity contribution in [3.05, 3.63) is 53.9 Å². The van der Waals surface area contributed by atoms with Crippen LogP contribution in [-0.2, 0) is 23.6 Å². The number of nitrogens with one attached hydrogen (secondary N) is 1. The average Bonchev–Trinajstić information content (AvgIpc) is 2.97. The predicted octanol–water partition coefficient (Wildman–Crippen LogP) is 2.22. The molecule has 1 aliphatic heterocycles. The maximum absolute atomic E-state index is 12.8. The molecule has 3 heterocycles. The zero-order valence-corrected chi connectivity index (χ0v) is 17.0. The van der Waals surface area contributed by atoms with Crippen LogP contribution in [0.1, 0.15) is 24.1 Å². The number of fused-ring (bicyclic) bond motifs is 1. The third kappa shape index (κ3) is 3.94. The van der Waals surface area contributed by atoms with Gasteiger partial charge in [-0.15, -0.1) is 0 Å². The van der Waals surface area contributed by atoms with E-state index in [1.165, 1.54) is 11.8 Å². The minimum atomic E-state index is -3.60. The van der Waals surface area contributed by atoms with Crippen molar-refractivity contribution in [1.82, 2.24) is 24.4 Å². The molecule has 3 aromatic rings. The molecule has 0 saturated carbocycles. The molecular formula is C20H25N5O2S. The van der Waals surface area contributed by atoms with Crippen molar-refractivity contribution < 1.29 is 8.42 Å². The molecule has 1 saturated heterocycles. The van der Waals surface area contributed by atoms with Gasteiger partial charge in [-0.1, -0.05) is 30.3 Å². The highest BCUT2D eigenvalue weighted by Crippen LogP contribution is 2.21. The summed E-state index contributed by atoms with van der Waals surface area (Å²) in [6, 6.07) is 12.0. The molecule has 0 spiro atoms. The van der Waals surface area contributed by atoms with Gasteiger partial charge in [0.25, 0.3) is 0 Å². The van der Waals surface area contributed by atoms with Crippen LogP contribution < -0.4 is 4.72 Å². The topological polar surface area (TPSA) is 80.1 Å². The lowest BCUT2D eigenvalue weighted by Crippen LogP contribution is -2.44. The van der Waals surface area contributed by atoms with Gasteiger partial charge in [-0.2, -0.15) is 5.10 Å². The maximum atomic E-state index is 12.8. The van der Waals surface area contributed by atoms with Crippen LogP contribution >= 0.6 is 0 Å². The Morgan fingerprint density at radius 2 is 1.89 bits per heavy atom. The Kier molecular flexibility index (Phi) is 5.18. The van der Waals surface area contributed by atoms with Crippen molar-refractivity contribution in [2.24, 2.45) is 7.05 Å². The lowest BCUT2D eigenvalue weighted by Gasteiger charge is -2.32. The maximum Gasteiger partial charge on any atom is 0.242 e. The van der Waals surface area contributed by atoms with Gasteiger partial charge in [0.2, 0.25) is 10.0 Å². The fraction of sp³-hybridized carbons (Fsp3) is 0.400. The number of rotatable bonds is 5. The van der Waals surface area contributed by atoms with E-state index in [9.17, 15) is 8.42 Å². The molecule has 1 aliphatic rings. The number of hydrogen-bond acceptors (Lipinski definition) is 5. The number of likely N-dealkylation sites (tertiary alicyclic amines) is 1. The highest BCUT2D eigenvalue weighted by atomic mass is 32.2. The number of pyridine rings is 1. The van der Waals surface area contributed by atoms with Gasteiger partial charge in [-0.3, -0.25) is 9.58 Å². The van der Waals surface area contributed by atoms with Crippen LogP contribution in [0.25, 0.3) is 11.0 Å². The molecule has 8 heteroatoms. The SMILES string of the molecule is Cc1nn(C)c2ncc(S(=O)(=O)NC3CCN(Cc4ccccc4)CC3)cc12. The van der Waals surface area contributed by atoms with E-state index in [0.717, 1.165) is 43.6 Å². The molecule has 1 aromatic carbocycles. The Hall–Kier alpha value is -2.29. The molecule has 1 N–H and O–H groups in total. The largest absolute Gasteiger partial charge is 0.299 e. The Balaban J connectivity index is 1.41. The van der Waals surface area contributed by atoms with Crippen LogP contribution in [0.4, 0.5) is 0 Å². The Bertz CT molecular complexity index is 1070. The number of piperidine rings is 1. The number of hydrogen-bond donors (Lipinski definition) is 1. The smallest absolute Gasteiger partial charge is 0.242 e. The lowest BCUT2D eigenvalue weighted by molar-refractivity contribution is 0.200. The van der Waals surface area contributed by atoms with Crippen LogP contribution in [0.3, 0.4) is 0 Å². The fourth-order valence-corrected chi connectivity index (χ4v) is 5.05. The highest BCUT2D eigenvalue weighted by molar-refractivity contribution is 7.89. The van der Waals surface area contributed by atoms with E-state index < -0.39 is 10.0 Å². The first-order valence-electron chi connectivity index (χ1n) is 9.50. The van der Waals surface area contributed by atoms with Crippen molar-refractivity contribution in [2.75, 3.05) is 13.1 Å². The summed E-state index contributed by atoms with van der Waals surface area (Å²) < 4.78 is 30.2. The summed E-state index contributed by atoms with van der Waals surface area (Å²) in [6.45, 7) is 4.51. The van der Waals surface area contributed by atoms with Crippen molar-refractivity contribution in [1.29, 1.82) is 0 Å². The summed E-state index contributed by atoms with van der Waals surface area (Å²) in [5.74, 6) is 0. The van der Waals surface area contributed by atoms with E-state index in [0.29, 0.717) is 5.65 Å². The lowest BCUT2D eigenvalue weighted by atomic mass is 10.1. The van der Waals surface area contributed by atoms with Crippen LogP contribution in [0.5, 0.6) is 0 Å². The highest BCUT2D eigenvalue weighted by Gasteiger charge is 2.25. The number of aromatic nitrogens is 3. The Morgan fingerprint density at radius 1 is 1.18 bits per heavy atom. The minimum absolute atomic E-state index is 0.0530. The normalized spacial score (nSPS) is 16.6. The molecule has 0 bridgehead atoms. The van der Waals surface area contributed by atoms with Gasteiger partial charge in [0.1, 0.15) is 4.90 Å². The molecule has 0 aliphatic carbocycles. The second-order valence-corrected chi connectivity index (χ2v) is 9.12. The third-order valence-corrected chi connectivity index (χ3v) is 6.79. The monoisotopic (exact) mass is 399 g/mol. The Morgan fingerprint density at radius 3 is 2.61 bits per heavy atom. The summed E-state index contributed by atoms with van der Waals surface area (Å²) in [5, 5.41) is 5.07. The molecule has 7 nitrogen and oxygen atoms in total. The standard InChI is InChI=1S/C20H25N5O2S/c1-15-19-12-18(13-21-20(19)24(2)22-15)28(26,27)23-17-8-10-25(11-9-17)14-16-6-4-3-5-7-16/h3-7,12-13,17,23H,8-11,14H2,1-2H3. The van der Waals surface area contributed by atoms with Gasteiger partial charge in [-0.25, -0.2) is 18.1 Å². The van der Waals surface area contributed by atoms with Crippen LogP contribution in [0.15, 0.2) is 47.5 Å². The van der Waals surface area contributed by atoms with Gasteiger partial charge in [0.05, 0.1) is 5.69 Å². The Labute approximate surface area is 165 Å². The fourth-order valence-electron chi connectivity index (χ4n) is 3.77. The number of benzene rings is 1. The minimum Gasteiger partial charge on any atom is -0.299 e. The molecule has 1 fully saturated rings. The second kappa shape index (κ2) is 7.62. The van der Waals surface area contributed by atoms with Gasteiger partial charge in [0, 0.05) is 44.3 Å².